The Kier molecular flexibility index (Phi) is 6.95. The van der Waals surface area contributed by atoms with Gasteiger partial charge in [-0.25, -0.2) is 24.3 Å². The first-order valence-corrected chi connectivity index (χ1v) is 11.2. The van der Waals surface area contributed by atoms with E-state index < -0.39 is 23.5 Å². The number of aromatic nitrogens is 4. The molecule has 4 rings (SSSR count). The first-order valence-electron chi connectivity index (χ1n) is 11.2. The molecule has 1 aliphatic rings. The molecule has 0 aliphatic carbocycles. The van der Waals surface area contributed by atoms with Gasteiger partial charge in [-0.1, -0.05) is 13.0 Å². The lowest BCUT2D eigenvalue weighted by atomic mass is 9.89. The van der Waals surface area contributed by atoms with Gasteiger partial charge in [0.15, 0.2) is 5.82 Å². The molecule has 2 aromatic heterocycles. The lowest BCUT2D eigenvalue weighted by Crippen LogP contribution is -2.51. The van der Waals surface area contributed by atoms with Crippen LogP contribution in [0.4, 0.5) is 23.5 Å². The van der Waals surface area contributed by atoms with E-state index in [4.69, 9.17) is 0 Å². The molecule has 0 bridgehead atoms. The van der Waals surface area contributed by atoms with E-state index in [2.05, 4.69) is 25.3 Å². The molecule has 1 amide bonds. The molecule has 11 heteroatoms. The predicted molar refractivity (Wildman–Crippen MR) is 121 cm³/mol. The van der Waals surface area contributed by atoms with Gasteiger partial charge in [0.2, 0.25) is 5.95 Å². The Bertz CT molecular complexity index is 1190. The molecule has 1 aliphatic heterocycles. The number of amides is 1. The van der Waals surface area contributed by atoms with Gasteiger partial charge < -0.3 is 10.2 Å². The maximum absolute atomic E-state index is 15.1. The highest BCUT2D eigenvalue weighted by Crippen LogP contribution is 2.32. The maximum atomic E-state index is 15.1. The molecule has 1 saturated heterocycles. The van der Waals surface area contributed by atoms with Crippen molar-refractivity contribution in [1.29, 1.82) is 0 Å². The van der Waals surface area contributed by atoms with Gasteiger partial charge >= 0.3 is 6.18 Å². The number of alkyl halides is 3. The van der Waals surface area contributed by atoms with Crippen molar-refractivity contribution in [2.24, 2.45) is 5.92 Å². The molecular weight excluding hydrogens is 464 g/mol. The molecule has 0 saturated carbocycles. The van der Waals surface area contributed by atoms with E-state index in [0.717, 1.165) is 12.8 Å². The van der Waals surface area contributed by atoms with Crippen LogP contribution in [0.25, 0.3) is 11.4 Å². The minimum absolute atomic E-state index is 0.0169. The molecule has 1 fully saturated rings. The number of hydrogen-bond donors (Lipinski definition) is 1. The zero-order valence-corrected chi connectivity index (χ0v) is 19.2. The van der Waals surface area contributed by atoms with Crippen LogP contribution in [0.2, 0.25) is 0 Å². The monoisotopic (exact) mass is 488 g/mol. The third-order valence-corrected chi connectivity index (χ3v) is 6.19. The van der Waals surface area contributed by atoms with Crippen molar-refractivity contribution < 1.29 is 22.4 Å². The lowest BCUT2D eigenvalue weighted by Gasteiger charge is -2.40. The number of carbonyl (C=O) groups excluding carboxylic acids is 1. The normalized spacial score (nSPS) is 18.4. The van der Waals surface area contributed by atoms with E-state index in [0.29, 0.717) is 30.1 Å². The van der Waals surface area contributed by atoms with Crippen LogP contribution in [0.1, 0.15) is 41.3 Å². The fraction of sp³-hybridized carbons (Fsp3) is 0.375. The number of nitrogens with zero attached hydrogens (tertiary/aromatic N) is 5. The fourth-order valence-corrected chi connectivity index (χ4v) is 4.32. The molecule has 35 heavy (non-hydrogen) atoms. The zero-order valence-electron chi connectivity index (χ0n) is 19.2. The number of rotatable bonds is 5. The summed E-state index contributed by atoms with van der Waals surface area (Å²) in [7, 11) is 0. The third-order valence-electron chi connectivity index (χ3n) is 6.19. The third kappa shape index (κ3) is 5.23. The van der Waals surface area contributed by atoms with Gasteiger partial charge in [-0.05, 0) is 43.4 Å². The first-order chi connectivity index (χ1) is 16.7. The highest BCUT2D eigenvalue weighted by molar-refractivity contribution is 6.01. The Labute approximate surface area is 199 Å². The number of halogens is 4. The summed E-state index contributed by atoms with van der Waals surface area (Å²) in [4.78, 5) is 31.3. The summed E-state index contributed by atoms with van der Waals surface area (Å²) in [6.45, 7) is 4.35. The van der Waals surface area contributed by atoms with Gasteiger partial charge in [0.1, 0.15) is 5.82 Å². The van der Waals surface area contributed by atoms with Crippen LogP contribution in [-0.4, -0.2) is 49.9 Å². The van der Waals surface area contributed by atoms with Crippen LogP contribution in [0.3, 0.4) is 0 Å². The van der Waals surface area contributed by atoms with Crippen molar-refractivity contribution in [3.63, 3.8) is 0 Å². The minimum atomic E-state index is -4.53. The van der Waals surface area contributed by atoms with Crippen molar-refractivity contribution in [1.82, 2.24) is 24.8 Å². The minimum Gasteiger partial charge on any atom is -0.352 e. The molecule has 0 spiro atoms. The molecule has 1 unspecified atom stereocenters. The molecule has 1 aromatic carbocycles. The largest absolute Gasteiger partial charge is 0.419 e. The standard InChI is InChI=1S/C24H24F4N6O/c1-14-5-3-10-34(18(14)13-33-23-31-11-16(12-32-23)24(26,27)28)22(35)20-17(25)7-6-15(2)19(20)21-29-8-4-9-30-21/h4,6-9,11-12,14,18H,3,5,10,13H2,1-2H3,(H,31,32,33)/t14-,18?/m1/s1. The number of likely N-dealkylation sites (tertiary alicyclic amines) is 1. The van der Waals surface area contributed by atoms with E-state index in [1.54, 1.807) is 24.0 Å². The predicted octanol–water partition coefficient (Wildman–Crippen LogP) is 4.75. The summed E-state index contributed by atoms with van der Waals surface area (Å²) in [5, 5.41) is 2.93. The summed E-state index contributed by atoms with van der Waals surface area (Å²) in [5.74, 6) is -0.827. The summed E-state index contributed by atoms with van der Waals surface area (Å²) < 4.78 is 53.4. The van der Waals surface area contributed by atoms with Gasteiger partial charge in [-0.15, -0.1) is 0 Å². The van der Waals surface area contributed by atoms with E-state index in [9.17, 15) is 18.0 Å². The Balaban J connectivity index is 1.61. The van der Waals surface area contributed by atoms with Crippen LogP contribution in [0.15, 0.2) is 43.0 Å². The smallest absolute Gasteiger partial charge is 0.352 e. The molecule has 7 nitrogen and oxygen atoms in total. The van der Waals surface area contributed by atoms with E-state index >= 15 is 4.39 Å². The number of nitrogens with one attached hydrogen (secondary N) is 1. The topological polar surface area (TPSA) is 83.9 Å². The molecule has 0 radical (unpaired) electrons. The van der Waals surface area contributed by atoms with Crippen LogP contribution >= 0.6 is 0 Å². The Morgan fingerprint density at radius 3 is 2.49 bits per heavy atom. The average Bonchev–Trinajstić information content (AvgIpc) is 2.84. The second kappa shape index (κ2) is 9.93. The van der Waals surface area contributed by atoms with E-state index in [1.807, 2.05) is 6.92 Å². The van der Waals surface area contributed by atoms with Gasteiger partial charge in [0.05, 0.1) is 17.2 Å². The molecular formula is C24H24F4N6O. The number of carbonyl (C=O) groups is 1. The summed E-state index contributed by atoms with van der Waals surface area (Å²) in [5.41, 5.74) is -0.0389. The first kappa shape index (κ1) is 24.5. The number of anilines is 1. The summed E-state index contributed by atoms with van der Waals surface area (Å²) in [6, 6.07) is 4.12. The van der Waals surface area contributed by atoms with Crippen molar-refractivity contribution in [2.75, 3.05) is 18.4 Å². The Hall–Kier alpha value is -3.63. The Morgan fingerprint density at radius 1 is 1.14 bits per heavy atom. The van der Waals surface area contributed by atoms with Gasteiger partial charge in [-0.3, -0.25) is 4.79 Å². The second-order valence-electron chi connectivity index (χ2n) is 8.55. The van der Waals surface area contributed by atoms with Crippen molar-refractivity contribution >= 4 is 11.9 Å². The molecule has 184 valence electrons. The van der Waals surface area contributed by atoms with Gasteiger partial charge in [-0.2, -0.15) is 13.2 Å². The number of aryl methyl sites for hydroxylation is 1. The van der Waals surface area contributed by atoms with E-state index in [-0.39, 0.29) is 35.8 Å². The van der Waals surface area contributed by atoms with Crippen LogP contribution in [0, 0.1) is 18.7 Å². The number of hydrogen-bond acceptors (Lipinski definition) is 6. The zero-order chi connectivity index (χ0) is 25.2. The molecule has 2 atom stereocenters. The van der Waals surface area contributed by atoms with Crippen molar-refractivity contribution in [3.8, 4) is 11.4 Å². The Morgan fingerprint density at radius 2 is 1.83 bits per heavy atom. The van der Waals surface area contributed by atoms with Crippen LogP contribution in [0.5, 0.6) is 0 Å². The van der Waals surface area contributed by atoms with Crippen LogP contribution < -0.4 is 5.32 Å². The molecule has 1 N–H and O–H groups in total. The quantitative estimate of drug-likeness (QED) is 0.522. The summed E-state index contributed by atoms with van der Waals surface area (Å²) in [6.07, 6.45) is 1.52. The summed E-state index contributed by atoms with van der Waals surface area (Å²) >= 11 is 0. The highest BCUT2D eigenvalue weighted by Gasteiger charge is 2.35. The lowest BCUT2D eigenvalue weighted by molar-refractivity contribution is -0.138. The number of benzene rings is 1. The average molecular weight is 488 g/mol. The number of piperidine rings is 1. The SMILES string of the molecule is Cc1ccc(F)c(C(=O)N2CCC[C@@H](C)C2CNc2ncc(C(F)(F)F)cn2)c1-c1ncccn1. The van der Waals surface area contributed by atoms with E-state index in [1.165, 1.54) is 18.5 Å². The van der Waals surface area contributed by atoms with Gasteiger partial charge in [0, 0.05) is 43.4 Å². The van der Waals surface area contributed by atoms with Crippen molar-refractivity contribution in [2.45, 2.75) is 38.9 Å². The second-order valence-corrected chi connectivity index (χ2v) is 8.55. The highest BCUT2D eigenvalue weighted by atomic mass is 19.4. The molecule has 3 aromatic rings. The maximum Gasteiger partial charge on any atom is 0.419 e. The molecule has 3 heterocycles. The fourth-order valence-electron chi connectivity index (χ4n) is 4.32. The van der Waals surface area contributed by atoms with Crippen molar-refractivity contribution in [3.05, 3.63) is 65.5 Å². The van der Waals surface area contributed by atoms with Gasteiger partial charge in [0.25, 0.3) is 5.91 Å². The van der Waals surface area contributed by atoms with Crippen LogP contribution in [-0.2, 0) is 6.18 Å².